The zero-order valence-electron chi connectivity index (χ0n) is 16.6. The summed E-state index contributed by atoms with van der Waals surface area (Å²) in [4.78, 5) is 42.1. The van der Waals surface area contributed by atoms with Crippen molar-refractivity contribution in [3.63, 3.8) is 0 Å². The third-order valence-electron chi connectivity index (χ3n) is 4.72. The fourth-order valence-corrected chi connectivity index (χ4v) is 3.57. The van der Waals surface area contributed by atoms with Gasteiger partial charge in [-0.25, -0.2) is 4.79 Å². The number of hydrogen-bond donors (Lipinski definition) is 2. The molecule has 0 radical (unpaired) electrons. The molecule has 3 rings (SSSR count). The largest absolute Gasteiger partial charge is 0.383 e. The van der Waals surface area contributed by atoms with Crippen molar-refractivity contribution in [2.45, 2.75) is 32.9 Å². The van der Waals surface area contributed by atoms with Crippen molar-refractivity contribution in [3.05, 3.63) is 91.0 Å². The predicted molar refractivity (Wildman–Crippen MR) is 122 cm³/mol. The van der Waals surface area contributed by atoms with Gasteiger partial charge in [0.05, 0.1) is 6.54 Å². The molecule has 0 spiro atoms. The normalized spacial score (nSPS) is 10.7. The quantitative estimate of drug-likeness (QED) is 0.551. The maximum atomic E-state index is 13.4. The number of nitrogens with two attached hydrogens (primary N) is 1. The fourth-order valence-electron chi connectivity index (χ4n) is 3.17. The van der Waals surface area contributed by atoms with E-state index in [0.717, 1.165) is 16.5 Å². The molecule has 0 aliphatic carbocycles. The second-order valence-electron chi connectivity index (χ2n) is 6.89. The molecule has 2 aromatic carbocycles. The van der Waals surface area contributed by atoms with Gasteiger partial charge in [-0.1, -0.05) is 65.7 Å². The van der Waals surface area contributed by atoms with Crippen LogP contribution >= 0.6 is 15.9 Å². The molecule has 30 heavy (non-hydrogen) atoms. The number of amides is 1. The van der Waals surface area contributed by atoms with Gasteiger partial charge in [0.2, 0.25) is 0 Å². The first-order chi connectivity index (χ1) is 14.4. The zero-order chi connectivity index (χ0) is 21.7. The van der Waals surface area contributed by atoms with E-state index in [-0.39, 0.29) is 18.1 Å². The summed E-state index contributed by atoms with van der Waals surface area (Å²) in [5.74, 6) is -0.408. The van der Waals surface area contributed by atoms with Crippen molar-refractivity contribution in [2.24, 2.45) is 0 Å². The van der Waals surface area contributed by atoms with Crippen LogP contribution in [0.15, 0.2) is 68.7 Å². The number of H-pyrrole nitrogens is 1. The molecule has 1 heterocycles. The Morgan fingerprint density at radius 1 is 1.13 bits per heavy atom. The van der Waals surface area contributed by atoms with E-state index in [1.165, 1.54) is 9.47 Å². The molecule has 0 saturated heterocycles. The number of rotatable bonds is 7. The van der Waals surface area contributed by atoms with Gasteiger partial charge in [0.15, 0.2) is 5.69 Å². The molecular formula is C22H23BrN4O3. The first kappa shape index (κ1) is 21.6. The van der Waals surface area contributed by atoms with Crippen LogP contribution in [-0.4, -0.2) is 15.5 Å². The molecule has 3 aromatic rings. The van der Waals surface area contributed by atoms with E-state index in [9.17, 15) is 14.4 Å². The molecule has 8 heteroatoms. The summed E-state index contributed by atoms with van der Waals surface area (Å²) in [6, 6.07) is 16.2. The Bertz CT molecular complexity index is 1160. The van der Waals surface area contributed by atoms with Crippen LogP contribution in [0.25, 0.3) is 0 Å². The number of anilines is 2. The first-order valence-corrected chi connectivity index (χ1v) is 10.5. The molecule has 1 aromatic heterocycles. The minimum absolute atomic E-state index is 0.0172. The van der Waals surface area contributed by atoms with Gasteiger partial charge in [0.1, 0.15) is 5.82 Å². The molecule has 0 unspecified atom stereocenters. The number of aromatic amines is 1. The maximum absolute atomic E-state index is 13.4. The standard InChI is InChI=1S/C22H23BrN4O3/c1-2-3-12-26-19(24)18(20(28)25-22(26)30)27(14-15-8-5-4-6-9-15)21(29)16-10-7-11-17(23)13-16/h4-11,13H,2-3,12,14,24H2,1H3,(H,25,28,30). The average Bonchev–Trinajstić information content (AvgIpc) is 2.73. The number of nitrogen functional groups attached to an aromatic ring is 1. The summed E-state index contributed by atoms with van der Waals surface area (Å²) in [6.07, 6.45) is 1.57. The fraction of sp³-hybridized carbons (Fsp3) is 0.227. The summed E-state index contributed by atoms with van der Waals surface area (Å²) >= 11 is 3.37. The number of nitrogens with one attached hydrogen (secondary N) is 1. The molecule has 156 valence electrons. The molecule has 0 fully saturated rings. The lowest BCUT2D eigenvalue weighted by Gasteiger charge is -2.25. The van der Waals surface area contributed by atoms with Crippen molar-refractivity contribution in [1.29, 1.82) is 0 Å². The van der Waals surface area contributed by atoms with Gasteiger partial charge < -0.3 is 5.73 Å². The van der Waals surface area contributed by atoms with Crippen molar-refractivity contribution < 1.29 is 4.79 Å². The smallest absolute Gasteiger partial charge is 0.330 e. The number of benzene rings is 2. The minimum atomic E-state index is -0.690. The highest BCUT2D eigenvalue weighted by atomic mass is 79.9. The number of hydrogen-bond acceptors (Lipinski definition) is 4. The molecule has 7 nitrogen and oxygen atoms in total. The van der Waals surface area contributed by atoms with Crippen LogP contribution in [-0.2, 0) is 13.1 Å². The van der Waals surface area contributed by atoms with E-state index in [1.807, 2.05) is 43.3 Å². The molecule has 0 saturated carbocycles. The SMILES string of the molecule is CCCCn1c(N)c(N(Cc2ccccc2)C(=O)c2cccc(Br)c2)c(=O)[nH]c1=O. The Morgan fingerprint density at radius 2 is 1.87 bits per heavy atom. The lowest BCUT2D eigenvalue weighted by atomic mass is 10.1. The Hall–Kier alpha value is -3.13. The molecule has 3 N–H and O–H groups in total. The Kier molecular flexibility index (Phi) is 6.89. The molecular weight excluding hydrogens is 448 g/mol. The number of carbonyl (C=O) groups excluding carboxylic acids is 1. The van der Waals surface area contributed by atoms with Crippen LogP contribution in [0.4, 0.5) is 11.5 Å². The number of aromatic nitrogens is 2. The highest BCUT2D eigenvalue weighted by molar-refractivity contribution is 9.10. The topological polar surface area (TPSA) is 101 Å². The molecule has 0 atom stereocenters. The van der Waals surface area contributed by atoms with Crippen molar-refractivity contribution in [2.75, 3.05) is 10.6 Å². The van der Waals surface area contributed by atoms with E-state index in [2.05, 4.69) is 20.9 Å². The van der Waals surface area contributed by atoms with Crippen LogP contribution in [0.3, 0.4) is 0 Å². The van der Waals surface area contributed by atoms with Crippen molar-refractivity contribution in [1.82, 2.24) is 9.55 Å². The third-order valence-corrected chi connectivity index (χ3v) is 5.21. The van der Waals surface area contributed by atoms with Crippen LogP contribution in [0.2, 0.25) is 0 Å². The van der Waals surface area contributed by atoms with Crippen molar-refractivity contribution in [3.8, 4) is 0 Å². The van der Waals surface area contributed by atoms with E-state index < -0.39 is 17.2 Å². The van der Waals surface area contributed by atoms with Gasteiger partial charge in [-0.15, -0.1) is 0 Å². The summed E-state index contributed by atoms with van der Waals surface area (Å²) in [7, 11) is 0. The Balaban J connectivity index is 2.16. The zero-order valence-corrected chi connectivity index (χ0v) is 18.2. The third kappa shape index (κ3) is 4.71. The van der Waals surface area contributed by atoms with E-state index in [0.29, 0.717) is 18.5 Å². The second kappa shape index (κ2) is 9.58. The lowest BCUT2D eigenvalue weighted by Crippen LogP contribution is -2.41. The Labute approximate surface area is 182 Å². The van der Waals surface area contributed by atoms with Gasteiger partial charge in [0.25, 0.3) is 11.5 Å². The summed E-state index contributed by atoms with van der Waals surface area (Å²) in [5, 5.41) is 0. The number of nitrogens with zero attached hydrogens (tertiary/aromatic N) is 2. The first-order valence-electron chi connectivity index (χ1n) is 9.66. The number of halogens is 1. The average molecular weight is 471 g/mol. The van der Waals surface area contributed by atoms with Crippen LogP contribution < -0.4 is 21.9 Å². The molecule has 0 aliphatic rings. The highest BCUT2D eigenvalue weighted by Gasteiger charge is 2.25. The molecule has 0 aliphatic heterocycles. The predicted octanol–water partition coefficient (Wildman–Crippen LogP) is 3.53. The highest BCUT2D eigenvalue weighted by Crippen LogP contribution is 2.23. The summed E-state index contributed by atoms with van der Waals surface area (Å²) in [5.41, 5.74) is 6.19. The van der Waals surface area contributed by atoms with E-state index in [4.69, 9.17) is 5.73 Å². The van der Waals surface area contributed by atoms with E-state index in [1.54, 1.807) is 18.2 Å². The second-order valence-corrected chi connectivity index (χ2v) is 7.80. The van der Waals surface area contributed by atoms with Gasteiger partial charge in [0, 0.05) is 16.6 Å². The molecule has 0 bridgehead atoms. The minimum Gasteiger partial charge on any atom is -0.383 e. The number of carbonyl (C=O) groups is 1. The van der Waals surface area contributed by atoms with Gasteiger partial charge >= 0.3 is 5.69 Å². The van der Waals surface area contributed by atoms with Crippen molar-refractivity contribution >= 4 is 33.3 Å². The lowest BCUT2D eigenvalue weighted by molar-refractivity contribution is 0.0984. The van der Waals surface area contributed by atoms with Crippen LogP contribution in [0.1, 0.15) is 35.7 Å². The monoisotopic (exact) mass is 470 g/mol. The summed E-state index contributed by atoms with van der Waals surface area (Å²) < 4.78 is 2.05. The van der Waals surface area contributed by atoms with Gasteiger partial charge in [-0.3, -0.25) is 24.0 Å². The summed E-state index contributed by atoms with van der Waals surface area (Å²) in [6.45, 7) is 2.48. The molecule has 1 amide bonds. The van der Waals surface area contributed by atoms with Gasteiger partial charge in [-0.2, -0.15) is 0 Å². The maximum Gasteiger partial charge on any atom is 0.330 e. The van der Waals surface area contributed by atoms with E-state index >= 15 is 0 Å². The number of unbranched alkanes of at least 4 members (excludes halogenated alkanes) is 1. The van der Waals surface area contributed by atoms with Crippen LogP contribution in [0, 0.1) is 0 Å². The van der Waals surface area contributed by atoms with Gasteiger partial charge in [-0.05, 0) is 30.2 Å². The Morgan fingerprint density at radius 3 is 2.53 bits per heavy atom. The van der Waals surface area contributed by atoms with Crippen LogP contribution in [0.5, 0.6) is 0 Å².